The van der Waals surface area contributed by atoms with Gasteiger partial charge in [0.05, 0.1) is 6.61 Å². The van der Waals surface area contributed by atoms with Crippen LogP contribution in [-0.2, 0) is 9.53 Å². The summed E-state index contributed by atoms with van der Waals surface area (Å²) < 4.78 is 65.9. The predicted octanol–water partition coefficient (Wildman–Crippen LogP) is 0.831. The van der Waals surface area contributed by atoms with Crippen molar-refractivity contribution in [3.63, 3.8) is 0 Å². The number of rotatable bonds is 6. The molecule has 1 atom stereocenters. The molecule has 4 N–H and O–H groups in total. The first kappa shape index (κ1) is 18.4. The molecule has 0 rings (SSSR count). The second-order valence-electron chi connectivity index (χ2n) is 3.66. The number of carbonyl (C=O) groups excluding carboxylic acids is 1. The molecular formula is C9H15F5N4O2. The van der Waals surface area contributed by atoms with Gasteiger partial charge in [0.1, 0.15) is 12.5 Å². The zero-order valence-corrected chi connectivity index (χ0v) is 10.5. The molecule has 0 heterocycles. The average Bonchev–Trinajstić information content (AvgIpc) is 2.25. The van der Waals surface area contributed by atoms with E-state index in [0.29, 0.717) is 0 Å². The summed E-state index contributed by atoms with van der Waals surface area (Å²) in [6.07, 6.45) is -8.78. The standard InChI is InChI=1S/C9H15F5N4O2/c1-2-20-8(19)5(3-6(10)11)7(17-15)18(16)4-9(12,13)14/h5-6H,2-4,15-16H2,1H3/b17-7-. The van der Waals surface area contributed by atoms with E-state index in [-0.39, 0.29) is 11.6 Å². The van der Waals surface area contributed by atoms with E-state index in [1.165, 1.54) is 6.92 Å². The van der Waals surface area contributed by atoms with Crippen LogP contribution in [0.4, 0.5) is 22.0 Å². The van der Waals surface area contributed by atoms with Gasteiger partial charge in [0, 0.05) is 6.42 Å². The molecule has 0 aliphatic heterocycles. The van der Waals surface area contributed by atoms with Crippen molar-refractivity contribution in [1.29, 1.82) is 0 Å². The van der Waals surface area contributed by atoms with Crippen LogP contribution in [0.1, 0.15) is 13.3 Å². The summed E-state index contributed by atoms with van der Waals surface area (Å²) in [5.74, 6) is 6.16. The minimum absolute atomic E-state index is 0.00394. The number of nitrogens with two attached hydrogens (primary N) is 2. The molecule has 0 saturated carbocycles. The fourth-order valence-corrected chi connectivity index (χ4v) is 1.37. The molecule has 118 valence electrons. The van der Waals surface area contributed by atoms with Crippen LogP contribution >= 0.6 is 0 Å². The molecule has 0 aliphatic carbocycles. The minimum atomic E-state index is -4.71. The smallest absolute Gasteiger partial charge is 0.407 e. The van der Waals surface area contributed by atoms with Gasteiger partial charge in [-0.15, -0.1) is 0 Å². The first-order chi connectivity index (χ1) is 9.12. The SMILES string of the molecule is CCOC(=O)C(CC(F)F)/C(=N/N)N(N)CC(F)(F)F. The Morgan fingerprint density at radius 2 is 1.95 bits per heavy atom. The average molecular weight is 306 g/mol. The quantitative estimate of drug-likeness (QED) is 0.189. The topological polar surface area (TPSA) is 93.9 Å². The van der Waals surface area contributed by atoms with Gasteiger partial charge in [-0.3, -0.25) is 9.80 Å². The largest absolute Gasteiger partial charge is 0.465 e. The number of carbonyl (C=O) groups is 1. The lowest BCUT2D eigenvalue weighted by molar-refractivity contribution is -0.149. The molecule has 0 bridgehead atoms. The third-order valence-electron chi connectivity index (χ3n) is 2.07. The molecule has 6 nitrogen and oxygen atoms in total. The molecule has 0 aliphatic rings. The van der Waals surface area contributed by atoms with Crippen LogP contribution in [0, 0.1) is 5.92 Å². The van der Waals surface area contributed by atoms with Crippen molar-refractivity contribution in [3.8, 4) is 0 Å². The fourth-order valence-electron chi connectivity index (χ4n) is 1.37. The first-order valence-electron chi connectivity index (χ1n) is 5.43. The van der Waals surface area contributed by atoms with Gasteiger partial charge in [-0.05, 0) is 6.92 Å². The molecule has 0 aromatic rings. The third-order valence-corrected chi connectivity index (χ3v) is 2.07. The van der Waals surface area contributed by atoms with Crippen LogP contribution in [-0.4, -0.2) is 42.6 Å². The van der Waals surface area contributed by atoms with Gasteiger partial charge >= 0.3 is 12.1 Å². The number of hydrazone groups is 1. The van der Waals surface area contributed by atoms with Crippen molar-refractivity contribution < 1.29 is 31.5 Å². The van der Waals surface area contributed by atoms with Crippen LogP contribution in [0.3, 0.4) is 0 Å². The van der Waals surface area contributed by atoms with Crippen LogP contribution in [0.25, 0.3) is 0 Å². The Labute approximate surface area is 111 Å². The monoisotopic (exact) mass is 306 g/mol. The Morgan fingerprint density at radius 1 is 1.40 bits per heavy atom. The Hall–Kier alpha value is -1.65. The number of halogens is 5. The second kappa shape index (κ2) is 7.82. The number of hydrazine groups is 1. The Balaban J connectivity index is 5.13. The number of alkyl halides is 5. The Kier molecular flexibility index (Phi) is 7.18. The lowest BCUT2D eigenvalue weighted by atomic mass is 10.0. The van der Waals surface area contributed by atoms with E-state index in [9.17, 15) is 26.7 Å². The molecule has 0 radical (unpaired) electrons. The third kappa shape index (κ3) is 6.50. The minimum Gasteiger partial charge on any atom is -0.465 e. The summed E-state index contributed by atoms with van der Waals surface area (Å²) in [5, 5.41) is 2.92. The fraction of sp³-hybridized carbons (Fsp3) is 0.778. The number of esters is 1. The van der Waals surface area contributed by atoms with Gasteiger partial charge in [-0.1, -0.05) is 0 Å². The zero-order valence-electron chi connectivity index (χ0n) is 10.5. The summed E-state index contributed by atoms with van der Waals surface area (Å²) in [5.41, 5.74) is 0. The molecule has 11 heteroatoms. The van der Waals surface area contributed by atoms with E-state index in [0.717, 1.165) is 0 Å². The number of ether oxygens (including phenoxy) is 1. The van der Waals surface area contributed by atoms with Crippen LogP contribution in [0.2, 0.25) is 0 Å². The highest BCUT2D eigenvalue weighted by Crippen LogP contribution is 2.20. The highest BCUT2D eigenvalue weighted by molar-refractivity contribution is 6.00. The molecule has 0 saturated heterocycles. The maximum Gasteiger partial charge on any atom is 0.407 e. The van der Waals surface area contributed by atoms with Gasteiger partial charge in [0.15, 0.2) is 5.84 Å². The Bertz CT molecular complexity index is 348. The van der Waals surface area contributed by atoms with E-state index >= 15 is 0 Å². The maximum atomic E-state index is 12.4. The van der Waals surface area contributed by atoms with E-state index in [4.69, 9.17) is 11.7 Å². The van der Waals surface area contributed by atoms with Gasteiger partial charge in [-0.2, -0.15) is 18.3 Å². The van der Waals surface area contributed by atoms with E-state index in [1.54, 1.807) is 0 Å². The van der Waals surface area contributed by atoms with Crippen molar-refractivity contribution in [2.75, 3.05) is 13.2 Å². The maximum absolute atomic E-state index is 12.4. The van der Waals surface area contributed by atoms with Crippen molar-refractivity contribution in [2.24, 2.45) is 22.7 Å². The van der Waals surface area contributed by atoms with Crippen LogP contribution in [0.5, 0.6) is 0 Å². The number of hydrogen-bond acceptors (Lipinski definition) is 5. The van der Waals surface area contributed by atoms with Gasteiger partial charge in [0.25, 0.3) is 0 Å². The van der Waals surface area contributed by atoms with E-state index in [2.05, 4.69) is 9.84 Å². The summed E-state index contributed by atoms with van der Waals surface area (Å²) in [6, 6.07) is 0. The van der Waals surface area contributed by atoms with Gasteiger partial charge < -0.3 is 10.6 Å². The summed E-state index contributed by atoms with van der Waals surface area (Å²) >= 11 is 0. The highest BCUT2D eigenvalue weighted by Gasteiger charge is 2.37. The van der Waals surface area contributed by atoms with Crippen molar-refractivity contribution in [2.45, 2.75) is 25.9 Å². The molecule has 0 spiro atoms. The van der Waals surface area contributed by atoms with E-state index < -0.39 is 43.3 Å². The van der Waals surface area contributed by atoms with Crippen molar-refractivity contribution >= 4 is 11.8 Å². The predicted molar refractivity (Wildman–Crippen MR) is 59.3 cm³/mol. The number of nitrogens with zero attached hydrogens (tertiary/aromatic N) is 2. The first-order valence-corrected chi connectivity index (χ1v) is 5.43. The van der Waals surface area contributed by atoms with E-state index in [1.807, 2.05) is 0 Å². The number of hydrogen-bond donors (Lipinski definition) is 2. The molecular weight excluding hydrogens is 291 g/mol. The molecule has 20 heavy (non-hydrogen) atoms. The van der Waals surface area contributed by atoms with Gasteiger partial charge in [0.2, 0.25) is 6.43 Å². The number of amidine groups is 1. The Morgan fingerprint density at radius 3 is 2.30 bits per heavy atom. The molecule has 0 aromatic heterocycles. The lowest BCUT2D eigenvalue weighted by Gasteiger charge is -2.26. The summed E-state index contributed by atoms with van der Waals surface area (Å²) in [6.45, 7) is -0.422. The van der Waals surface area contributed by atoms with Crippen LogP contribution in [0.15, 0.2) is 5.10 Å². The van der Waals surface area contributed by atoms with Crippen molar-refractivity contribution in [1.82, 2.24) is 5.01 Å². The van der Waals surface area contributed by atoms with Crippen molar-refractivity contribution in [3.05, 3.63) is 0 Å². The molecule has 1 unspecified atom stereocenters. The molecule has 0 aromatic carbocycles. The second-order valence-corrected chi connectivity index (χ2v) is 3.66. The lowest BCUT2D eigenvalue weighted by Crippen LogP contribution is -2.49. The zero-order chi connectivity index (χ0) is 15.9. The molecule has 0 amide bonds. The van der Waals surface area contributed by atoms with Gasteiger partial charge in [-0.25, -0.2) is 14.6 Å². The normalized spacial score (nSPS) is 14.3. The van der Waals surface area contributed by atoms with Crippen LogP contribution < -0.4 is 11.7 Å². The highest BCUT2D eigenvalue weighted by atomic mass is 19.4. The summed E-state index contributed by atoms with van der Waals surface area (Å²) in [7, 11) is 0. The molecule has 0 fully saturated rings. The summed E-state index contributed by atoms with van der Waals surface area (Å²) in [4.78, 5) is 11.5.